The fourth-order valence-corrected chi connectivity index (χ4v) is 3.75. The number of aliphatic imine (C=N–C) groups is 1. The molecule has 0 aliphatic heterocycles. The summed E-state index contributed by atoms with van der Waals surface area (Å²) < 4.78 is 0. The maximum Gasteiger partial charge on any atom is 0.161 e. The molecule has 0 aliphatic rings. The van der Waals surface area contributed by atoms with Crippen molar-refractivity contribution in [1.29, 1.82) is 0 Å². The van der Waals surface area contributed by atoms with Gasteiger partial charge in [-0.05, 0) is 57.8 Å². The van der Waals surface area contributed by atoms with Crippen LogP contribution in [-0.2, 0) is 0 Å². The number of aryl methyl sites for hydroxylation is 1. The second-order valence-electron chi connectivity index (χ2n) is 7.25. The van der Waals surface area contributed by atoms with Gasteiger partial charge in [0.25, 0.3) is 0 Å². The van der Waals surface area contributed by atoms with Crippen molar-refractivity contribution in [1.82, 2.24) is 15.0 Å². The molecule has 2 aromatic heterocycles. The van der Waals surface area contributed by atoms with E-state index in [1.54, 1.807) is 6.33 Å². The van der Waals surface area contributed by atoms with Gasteiger partial charge in [0.2, 0.25) is 0 Å². The molecule has 5 heteroatoms. The Bertz CT molecular complexity index is 1250. The Morgan fingerprint density at radius 1 is 1.17 bits per heavy atom. The highest BCUT2D eigenvalue weighted by Crippen LogP contribution is 2.35. The molecule has 0 fully saturated rings. The molecule has 4 aromatic rings. The van der Waals surface area contributed by atoms with Crippen LogP contribution in [0.15, 0.2) is 83.8 Å². The molecule has 0 saturated heterocycles. The third kappa shape index (κ3) is 3.50. The molecular weight excluding hydrogens is 370 g/mol. The fraction of sp³-hybridized carbons (Fsp3) is 0.160. The second kappa shape index (κ2) is 8.33. The maximum absolute atomic E-state index is 4.70. The Labute approximate surface area is 176 Å². The molecule has 1 N–H and O–H groups in total. The topological polar surface area (TPSA) is 57.2 Å². The first kappa shape index (κ1) is 19.6. The summed E-state index contributed by atoms with van der Waals surface area (Å²) >= 11 is 0. The summed E-state index contributed by atoms with van der Waals surface area (Å²) in [5, 5.41) is 1.10. The highest BCUT2D eigenvalue weighted by Gasteiger charge is 2.24. The Morgan fingerprint density at radius 2 is 1.97 bits per heavy atom. The van der Waals surface area contributed by atoms with Crippen LogP contribution in [0.4, 0.5) is 11.5 Å². The lowest BCUT2D eigenvalue weighted by molar-refractivity contribution is 0.794. The number of anilines is 2. The number of rotatable bonds is 6. The Balaban J connectivity index is 1.97. The number of aromatic amines is 1. The van der Waals surface area contributed by atoms with Crippen LogP contribution >= 0.6 is 0 Å². The van der Waals surface area contributed by atoms with Gasteiger partial charge in [-0.3, -0.25) is 4.99 Å². The Hall–Kier alpha value is -3.73. The summed E-state index contributed by atoms with van der Waals surface area (Å²) in [6, 6.07) is 16.5. The summed E-state index contributed by atoms with van der Waals surface area (Å²) in [5.74, 6) is 0.808. The summed E-state index contributed by atoms with van der Waals surface area (Å²) in [7, 11) is 0. The molecule has 0 bridgehead atoms. The summed E-state index contributed by atoms with van der Waals surface area (Å²) in [6.45, 7) is 9.97. The van der Waals surface area contributed by atoms with E-state index in [-0.39, 0.29) is 6.04 Å². The zero-order chi connectivity index (χ0) is 21.1. The molecule has 5 nitrogen and oxygen atoms in total. The molecule has 0 radical (unpaired) electrons. The van der Waals surface area contributed by atoms with E-state index in [2.05, 4.69) is 70.8 Å². The zero-order valence-electron chi connectivity index (χ0n) is 17.5. The molecule has 150 valence electrons. The highest BCUT2D eigenvalue weighted by atomic mass is 15.2. The molecule has 0 spiro atoms. The van der Waals surface area contributed by atoms with Crippen molar-refractivity contribution in [3.63, 3.8) is 0 Å². The highest BCUT2D eigenvalue weighted by molar-refractivity contribution is 6.08. The predicted octanol–water partition coefficient (Wildman–Crippen LogP) is 6.11. The first-order valence-corrected chi connectivity index (χ1v) is 10.0. The lowest BCUT2D eigenvalue weighted by Crippen LogP contribution is -2.30. The van der Waals surface area contributed by atoms with E-state index in [0.29, 0.717) is 0 Å². The smallest absolute Gasteiger partial charge is 0.161 e. The van der Waals surface area contributed by atoms with Crippen molar-refractivity contribution >= 4 is 40.2 Å². The second-order valence-corrected chi connectivity index (χ2v) is 7.25. The standard InChI is InChI=1S/C25H25N5/c1-5-6-12-21(26-4)18(3)30(19-10-8-7-9-11-19)25-24-23(27-16-28-25)20-15-17(2)13-14-22(20)29-24/h5-16,18,29H,4H2,1-3H3/b6-5-,21-12-. The first-order chi connectivity index (χ1) is 14.6. The van der Waals surface area contributed by atoms with Gasteiger partial charge < -0.3 is 9.88 Å². The van der Waals surface area contributed by atoms with Crippen LogP contribution in [0.1, 0.15) is 19.4 Å². The number of hydrogen-bond acceptors (Lipinski definition) is 4. The number of aromatic nitrogens is 3. The summed E-state index contributed by atoms with van der Waals surface area (Å²) in [5.41, 5.74) is 5.94. The van der Waals surface area contributed by atoms with E-state index in [1.807, 2.05) is 43.4 Å². The third-order valence-corrected chi connectivity index (χ3v) is 5.24. The molecule has 2 aromatic carbocycles. The number of para-hydroxylation sites is 1. The summed E-state index contributed by atoms with van der Waals surface area (Å²) in [4.78, 5) is 19.3. The molecular formula is C25H25N5. The minimum absolute atomic E-state index is 0.0904. The van der Waals surface area contributed by atoms with E-state index >= 15 is 0 Å². The molecule has 1 unspecified atom stereocenters. The number of fused-ring (bicyclic) bond motifs is 3. The molecule has 0 amide bonds. The lowest BCUT2D eigenvalue weighted by Gasteiger charge is -2.30. The number of hydrogen-bond donors (Lipinski definition) is 1. The maximum atomic E-state index is 4.70. The average Bonchev–Trinajstić information content (AvgIpc) is 3.14. The van der Waals surface area contributed by atoms with Crippen LogP contribution in [0, 0.1) is 6.92 Å². The van der Waals surface area contributed by atoms with Crippen LogP contribution in [0.2, 0.25) is 0 Å². The van der Waals surface area contributed by atoms with Crippen molar-refractivity contribution in [2.24, 2.45) is 4.99 Å². The number of benzene rings is 2. The van der Waals surface area contributed by atoms with Crippen molar-refractivity contribution < 1.29 is 0 Å². The van der Waals surface area contributed by atoms with Gasteiger partial charge in [0, 0.05) is 16.6 Å². The molecule has 30 heavy (non-hydrogen) atoms. The molecule has 1 atom stereocenters. The minimum atomic E-state index is -0.0904. The fourth-order valence-electron chi connectivity index (χ4n) is 3.75. The third-order valence-electron chi connectivity index (χ3n) is 5.24. The molecule has 4 rings (SSSR count). The summed E-state index contributed by atoms with van der Waals surface area (Å²) in [6.07, 6.45) is 7.58. The van der Waals surface area contributed by atoms with Crippen LogP contribution in [0.25, 0.3) is 21.9 Å². The largest absolute Gasteiger partial charge is 0.350 e. The van der Waals surface area contributed by atoms with Gasteiger partial charge in [-0.15, -0.1) is 0 Å². The number of allylic oxidation sites excluding steroid dienone is 3. The van der Waals surface area contributed by atoms with E-state index in [1.165, 1.54) is 5.56 Å². The monoisotopic (exact) mass is 395 g/mol. The van der Waals surface area contributed by atoms with Gasteiger partial charge in [-0.25, -0.2) is 9.97 Å². The zero-order valence-corrected chi connectivity index (χ0v) is 17.5. The van der Waals surface area contributed by atoms with Gasteiger partial charge in [0.05, 0.1) is 11.7 Å². The normalized spacial score (nSPS) is 13.2. The Kier molecular flexibility index (Phi) is 5.44. The SMILES string of the molecule is C=N/C(=C\C=C/C)C(C)N(c1ccccc1)c1ncnc2c1[nH]c1ccc(C)cc12. The van der Waals surface area contributed by atoms with Gasteiger partial charge in [0.15, 0.2) is 5.82 Å². The Morgan fingerprint density at radius 3 is 2.70 bits per heavy atom. The first-order valence-electron chi connectivity index (χ1n) is 10.0. The van der Waals surface area contributed by atoms with Crippen LogP contribution in [0.5, 0.6) is 0 Å². The van der Waals surface area contributed by atoms with Gasteiger partial charge in [0.1, 0.15) is 17.4 Å². The predicted molar refractivity (Wildman–Crippen MR) is 127 cm³/mol. The number of nitrogens with one attached hydrogen (secondary N) is 1. The molecule has 2 heterocycles. The lowest BCUT2D eigenvalue weighted by atomic mass is 10.1. The average molecular weight is 396 g/mol. The van der Waals surface area contributed by atoms with E-state index < -0.39 is 0 Å². The van der Waals surface area contributed by atoms with Crippen LogP contribution < -0.4 is 4.90 Å². The van der Waals surface area contributed by atoms with Crippen molar-refractivity contribution in [2.75, 3.05) is 4.90 Å². The van der Waals surface area contributed by atoms with Crippen molar-refractivity contribution in [3.8, 4) is 0 Å². The van der Waals surface area contributed by atoms with Crippen molar-refractivity contribution in [3.05, 3.63) is 84.3 Å². The number of H-pyrrole nitrogens is 1. The van der Waals surface area contributed by atoms with Gasteiger partial charge in [-0.1, -0.05) is 42.0 Å². The minimum Gasteiger partial charge on any atom is -0.350 e. The van der Waals surface area contributed by atoms with Crippen LogP contribution in [0.3, 0.4) is 0 Å². The number of nitrogens with zero attached hydrogens (tertiary/aromatic N) is 4. The van der Waals surface area contributed by atoms with Crippen molar-refractivity contribution in [2.45, 2.75) is 26.8 Å². The van der Waals surface area contributed by atoms with Crippen LogP contribution in [-0.4, -0.2) is 27.7 Å². The van der Waals surface area contributed by atoms with E-state index in [9.17, 15) is 0 Å². The van der Waals surface area contributed by atoms with E-state index in [4.69, 9.17) is 4.98 Å². The quantitative estimate of drug-likeness (QED) is 0.317. The van der Waals surface area contributed by atoms with E-state index in [0.717, 1.165) is 39.1 Å². The van der Waals surface area contributed by atoms with Gasteiger partial charge >= 0.3 is 0 Å². The molecule has 0 aliphatic carbocycles. The van der Waals surface area contributed by atoms with Gasteiger partial charge in [-0.2, -0.15) is 0 Å². The molecule has 0 saturated carbocycles.